The van der Waals surface area contributed by atoms with Gasteiger partial charge in [0.2, 0.25) is 16.2 Å². The Kier molecular flexibility index (Phi) is 7.88. The van der Waals surface area contributed by atoms with Crippen LogP contribution in [0.4, 0.5) is 0 Å². The summed E-state index contributed by atoms with van der Waals surface area (Å²) in [4.78, 5) is 10.9. The van der Waals surface area contributed by atoms with E-state index >= 15 is 0 Å². The number of hydrogen-bond acceptors (Lipinski definition) is 3. The van der Waals surface area contributed by atoms with Gasteiger partial charge >= 0.3 is 0 Å². The monoisotopic (exact) mass is 323 g/mol. The number of sulfone groups is 1. The summed E-state index contributed by atoms with van der Waals surface area (Å²) in [5.74, 6) is 0. The molecule has 0 radical (unpaired) electrons. The van der Waals surface area contributed by atoms with Crippen LogP contribution in [0.25, 0.3) is 0 Å². The Hall–Kier alpha value is -1.62. The average Bonchev–Trinajstić information content (AvgIpc) is 2.50. The van der Waals surface area contributed by atoms with Crippen LogP contribution in [0.3, 0.4) is 0 Å². The van der Waals surface area contributed by atoms with E-state index < -0.39 is 9.84 Å². The number of carbonyl (C=O) groups is 1. The first-order valence-corrected chi connectivity index (χ1v) is 9.22. The van der Waals surface area contributed by atoms with E-state index in [4.69, 9.17) is 0 Å². The first-order valence-electron chi connectivity index (χ1n) is 7.74. The van der Waals surface area contributed by atoms with Crippen molar-refractivity contribution < 1.29 is 13.2 Å². The third-order valence-corrected chi connectivity index (χ3v) is 5.22. The average molecular weight is 323 g/mol. The number of aryl methyl sites for hydroxylation is 1. The van der Waals surface area contributed by atoms with Crippen molar-refractivity contribution >= 4 is 16.2 Å². The Bertz CT molecular complexity index is 589. The number of allylic oxidation sites excluding steroid dienone is 1. The van der Waals surface area contributed by atoms with Gasteiger partial charge in [0.05, 0.1) is 4.90 Å². The van der Waals surface area contributed by atoms with Crippen molar-refractivity contribution in [2.24, 2.45) is 0 Å². The maximum atomic E-state index is 12.5. The van der Waals surface area contributed by atoms with Gasteiger partial charge in [0.15, 0.2) is 0 Å². The molecule has 1 rings (SSSR count). The molecule has 5 heteroatoms. The van der Waals surface area contributed by atoms with Gasteiger partial charge in [-0.2, -0.15) is 0 Å². The summed E-state index contributed by atoms with van der Waals surface area (Å²) in [6, 6.07) is 6.62. The van der Waals surface area contributed by atoms with Crippen molar-refractivity contribution in [3.8, 4) is 0 Å². The Balaban J connectivity index is 2.79. The maximum absolute atomic E-state index is 12.5. The van der Waals surface area contributed by atoms with Gasteiger partial charge in [-0.15, -0.1) is 0 Å². The van der Waals surface area contributed by atoms with Gasteiger partial charge in [0.25, 0.3) is 0 Å². The molecule has 1 aromatic carbocycles. The lowest BCUT2D eigenvalue weighted by Gasteiger charge is -2.08. The molecule has 0 fully saturated rings. The van der Waals surface area contributed by atoms with Crippen molar-refractivity contribution in [1.82, 2.24) is 5.32 Å². The molecule has 0 aliphatic rings. The normalized spacial score (nSPS) is 12.2. The van der Waals surface area contributed by atoms with Crippen LogP contribution in [0, 0.1) is 6.92 Å². The van der Waals surface area contributed by atoms with E-state index in [0.29, 0.717) is 12.8 Å². The second-order valence-corrected chi connectivity index (χ2v) is 7.27. The highest BCUT2D eigenvalue weighted by Crippen LogP contribution is 2.19. The van der Waals surface area contributed by atoms with Crippen LogP contribution in [0.1, 0.15) is 51.0 Å². The number of hydrogen-bond donors (Lipinski definition) is 1. The topological polar surface area (TPSA) is 63.2 Å². The van der Waals surface area contributed by atoms with Gasteiger partial charge in [-0.3, -0.25) is 4.79 Å². The molecule has 0 heterocycles. The molecule has 0 saturated heterocycles. The second-order valence-electron chi connectivity index (χ2n) is 5.35. The minimum atomic E-state index is -3.66. The molecule has 1 amide bonds. The highest BCUT2D eigenvalue weighted by atomic mass is 32.2. The first kappa shape index (κ1) is 18.4. The molecule has 0 unspecified atom stereocenters. The Labute approximate surface area is 133 Å². The molecule has 0 bridgehead atoms. The van der Waals surface area contributed by atoms with Crippen LogP contribution < -0.4 is 5.32 Å². The zero-order valence-electron chi connectivity index (χ0n) is 13.3. The molecule has 1 N–H and O–H groups in total. The molecular weight excluding hydrogens is 298 g/mol. The van der Waals surface area contributed by atoms with E-state index in [1.807, 2.05) is 6.92 Å². The summed E-state index contributed by atoms with van der Waals surface area (Å²) in [6.07, 6.45) is 8.19. The Morgan fingerprint density at radius 1 is 1.09 bits per heavy atom. The summed E-state index contributed by atoms with van der Waals surface area (Å²) < 4.78 is 25.0. The third-order valence-electron chi connectivity index (χ3n) is 3.46. The van der Waals surface area contributed by atoms with E-state index in [9.17, 15) is 13.2 Å². The SMILES string of the molecule is CCCCCCC/C=C(/NC=O)S(=O)(=O)c1ccc(C)cc1. The van der Waals surface area contributed by atoms with Crippen LogP contribution in [-0.4, -0.2) is 14.8 Å². The van der Waals surface area contributed by atoms with Gasteiger partial charge < -0.3 is 5.32 Å². The quantitative estimate of drug-likeness (QED) is 0.527. The lowest BCUT2D eigenvalue weighted by Crippen LogP contribution is -2.19. The van der Waals surface area contributed by atoms with Crippen molar-refractivity contribution in [3.05, 3.63) is 40.9 Å². The smallest absolute Gasteiger partial charge is 0.221 e. The Morgan fingerprint density at radius 2 is 1.73 bits per heavy atom. The van der Waals surface area contributed by atoms with Crippen LogP contribution in [-0.2, 0) is 14.6 Å². The first-order chi connectivity index (χ1) is 10.5. The number of benzene rings is 1. The van der Waals surface area contributed by atoms with Crippen LogP contribution in [0.15, 0.2) is 40.3 Å². The molecule has 0 aliphatic carbocycles. The fraction of sp³-hybridized carbons (Fsp3) is 0.471. The number of rotatable bonds is 10. The second kappa shape index (κ2) is 9.41. The molecule has 0 spiro atoms. The van der Waals surface area contributed by atoms with Crippen LogP contribution >= 0.6 is 0 Å². The van der Waals surface area contributed by atoms with Crippen LogP contribution in [0.2, 0.25) is 0 Å². The van der Waals surface area contributed by atoms with Crippen molar-refractivity contribution in [2.45, 2.75) is 57.3 Å². The molecule has 122 valence electrons. The molecule has 0 aliphatic heterocycles. The number of amides is 1. The predicted octanol–water partition coefficient (Wildman–Crippen LogP) is 3.72. The zero-order chi connectivity index (χ0) is 16.4. The summed E-state index contributed by atoms with van der Waals surface area (Å²) >= 11 is 0. The molecule has 0 aromatic heterocycles. The summed E-state index contributed by atoms with van der Waals surface area (Å²) in [7, 11) is -3.66. The standard InChI is InChI=1S/C17H25NO3S/c1-3-4-5-6-7-8-9-17(18-14-19)22(20,21)16-12-10-15(2)11-13-16/h9-14H,3-8H2,1-2H3,(H,18,19)/b17-9-. The fourth-order valence-corrected chi connectivity index (χ4v) is 3.42. The lowest BCUT2D eigenvalue weighted by molar-refractivity contribution is -0.108. The van der Waals surface area contributed by atoms with Crippen LogP contribution in [0.5, 0.6) is 0 Å². The highest BCUT2D eigenvalue weighted by Gasteiger charge is 2.19. The fourth-order valence-electron chi connectivity index (χ4n) is 2.13. The molecule has 4 nitrogen and oxygen atoms in total. The van der Waals surface area contributed by atoms with E-state index in [2.05, 4.69) is 12.2 Å². The number of nitrogens with one attached hydrogen (secondary N) is 1. The number of unbranched alkanes of at least 4 members (excludes halogenated alkanes) is 5. The predicted molar refractivity (Wildman–Crippen MR) is 89.0 cm³/mol. The molecule has 0 saturated carbocycles. The van der Waals surface area contributed by atoms with E-state index in [-0.39, 0.29) is 9.92 Å². The third kappa shape index (κ3) is 5.64. The molecular formula is C17H25NO3S. The van der Waals surface area contributed by atoms with Crippen molar-refractivity contribution in [1.29, 1.82) is 0 Å². The van der Waals surface area contributed by atoms with E-state index in [1.54, 1.807) is 30.3 Å². The molecule has 0 atom stereocenters. The minimum Gasteiger partial charge on any atom is -0.319 e. The summed E-state index contributed by atoms with van der Waals surface area (Å²) in [6.45, 7) is 4.05. The molecule has 22 heavy (non-hydrogen) atoms. The van der Waals surface area contributed by atoms with Gasteiger partial charge in [0, 0.05) is 0 Å². The van der Waals surface area contributed by atoms with Gasteiger partial charge in [-0.1, -0.05) is 50.3 Å². The van der Waals surface area contributed by atoms with E-state index in [0.717, 1.165) is 24.8 Å². The maximum Gasteiger partial charge on any atom is 0.221 e. The number of carbonyl (C=O) groups excluding carboxylic acids is 1. The molecule has 1 aromatic rings. The van der Waals surface area contributed by atoms with Crippen molar-refractivity contribution in [2.75, 3.05) is 0 Å². The summed E-state index contributed by atoms with van der Waals surface area (Å²) in [5, 5.41) is 2.30. The Morgan fingerprint density at radius 3 is 2.32 bits per heavy atom. The van der Waals surface area contributed by atoms with Gasteiger partial charge in [0.1, 0.15) is 5.03 Å². The van der Waals surface area contributed by atoms with Crippen molar-refractivity contribution in [3.63, 3.8) is 0 Å². The zero-order valence-corrected chi connectivity index (χ0v) is 14.2. The highest BCUT2D eigenvalue weighted by molar-refractivity contribution is 7.95. The minimum absolute atomic E-state index is 0.0261. The lowest BCUT2D eigenvalue weighted by atomic mass is 10.1. The van der Waals surface area contributed by atoms with Gasteiger partial charge in [-0.25, -0.2) is 8.42 Å². The summed E-state index contributed by atoms with van der Waals surface area (Å²) in [5.41, 5.74) is 0.990. The van der Waals surface area contributed by atoms with E-state index in [1.165, 1.54) is 12.8 Å². The van der Waals surface area contributed by atoms with Gasteiger partial charge in [-0.05, 0) is 38.0 Å². The largest absolute Gasteiger partial charge is 0.319 e.